The molecule has 2 N–H and O–H groups in total. The molecule has 0 fully saturated rings. The summed E-state index contributed by atoms with van der Waals surface area (Å²) in [6, 6.07) is 7.23. The normalized spacial score (nSPS) is 10.4. The van der Waals surface area contributed by atoms with Crippen LogP contribution < -0.4 is 15.5 Å². The zero-order valence-electron chi connectivity index (χ0n) is 13.1. The number of methoxy groups -OCH3 is 1. The number of carbonyl (C=O) groups excluding carboxylic acids is 2. The number of nitro groups is 1. The van der Waals surface area contributed by atoms with E-state index in [1.165, 1.54) is 37.8 Å². The van der Waals surface area contributed by atoms with E-state index in [9.17, 15) is 19.7 Å². The van der Waals surface area contributed by atoms with E-state index in [1.54, 1.807) is 12.1 Å². The number of nitrogens with zero attached hydrogens (tertiary/aromatic N) is 2. The number of nitro benzene ring substituents is 1. The number of hydrazone groups is 1. The summed E-state index contributed by atoms with van der Waals surface area (Å²) in [7, 11) is 1.33. The molecule has 0 spiro atoms. The smallest absolute Gasteiger partial charge is 0.311 e. The van der Waals surface area contributed by atoms with Crippen LogP contribution in [0.5, 0.6) is 5.75 Å². The number of ether oxygens (including phenoxy) is 1. The molecule has 10 nitrogen and oxygen atoms in total. The molecule has 0 saturated carbocycles. The third-order valence-corrected chi connectivity index (χ3v) is 2.96. The Bertz CT molecular complexity index is 800. The van der Waals surface area contributed by atoms with E-state index in [0.29, 0.717) is 5.56 Å². The van der Waals surface area contributed by atoms with Crippen molar-refractivity contribution in [1.29, 1.82) is 0 Å². The highest BCUT2D eigenvalue weighted by Gasteiger charge is 2.14. The van der Waals surface area contributed by atoms with Gasteiger partial charge in [-0.25, -0.2) is 5.43 Å². The van der Waals surface area contributed by atoms with Crippen LogP contribution in [-0.2, 0) is 4.79 Å². The molecule has 2 aromatic rings. The van der Waals surface area contributed by atoms with Crippen molar-refractivity contribution in [2.45, 2.75) is 0 Å². The van der Waals surface area contributed by atoms with Gasteiger partial charge in [0.25, 0.3) is 11.8 Å². The number of furan rings is 1. The average molecular weight is 346 g/mol. The lowest BCUT2D eigenvalue weighted by atomic mass is 10.2. The quantitative estimate of drug-likeness (QED) is 0.437. The highest BCUT2D eigenvalue weighted by atomic mass is 16.6. The van der Waals surface area contributed by atoms with Crippen molar-refractivity contribution in [2.75, 3.05) is 13.7 Å². The molecule has 0 saturated heterocycles. The second-order valence-electron chi connectivity index (χ2n) is 4.64. The van der Waals surface area contributed by atoms with E-state index in [-0.39, 0.29) is 23.7 Å². The minimum Gasteiger partial charge on any atom is -0.490 e. The molecule has 130 valence electrons. The molecule has 10 heteroatoms. The maximum absolute atomic E-state index is 11.6. The number of nitrogens with one attached hydrogen (secondary N) is 2. The first-order chi connectivity index (χ1) is 12.0. The highest BCUT2D eigenvalue weighted by molar-refractivity contribution is 5.94. The van der Waals surface area contributed by atoms with Gasteiger partial charge in [-0.05, 0) is 24.3 Å². The Morgan fingerprint density at radius 2 is 2.20 bits per heavy atom. The van der Waals surface area contributed by atoms with Gasteiger partial charge in [-0.15, -0.1) is 0 Å². The molecule has 0 aliphatic heterocycles. The molecular weight excluding hydrogens is 332 g/mol. The van der Waals surface area contributed by atoms with E-state index < -0.39 is 16.7 Å². The minimum atomic E-state index is -0.584. The van der Waals surface area contributed by atoms with Gasteiger partial charge in [0.15, 0.2) is 11.5 Å². The van der Waals surface area contributed by atoms with Crippen LogP contribution in [0.2, 0.25) is 0 Å². The maximum atomic E-state index is 11.6. The molecular formula is C15H14N4O6. The highest BCUT2D eigenvalue weighted by Crippen LogP contribution is 2.26. The van der Waals surface area contributed by atoms with Crippen LogP contribution in [0.3, 0.4) is 0 Å². The molecule has 1 heterocycles. The summed E-state index contributed by atoms with van der Waals surface area (Å²) in [5, 5.41) is 16.9. The summed E-state index contributed by atoms with van der Waals surface area (Å²) in [5.41, 5.74) is 2.37. The molecule has 0 radical (unpaired) electrons. The van der Waals surface area contributed by atoms with Crippen molar-refractivity contribution in [1.82, 2.24) is 10.7 Å². The van der Waals surface area contributed by atoms with Crippen molar-refractivity contribution in [3.63, 3.8) is 0 Å². The number of hydrogen-bond acceptors (Lipinski definition) is 7. The fourth-order valence-electron chi connectivity index (χ4n) is 1.80. The predicted octanol–water partition coefficient (Wildman–Crippen LogP) is 1.08. The van der Waals surface area contributed by atoms with Crippen LogP contribution in [0.15, 0.2) is 46.1 Å². The molecule has 0 bridgehead atoms. The van der Waals surface area contributed by atoms with E-state index in [1.807, 2.05) is 0 Å². The van der Waals surface area contributed by atoms with E-state index in [4.69, 9.17) is 9.15 Å². The van der Waals surface area contributed by atoms with Crippen molar-refractivity contribution in [3.8, 4) is 5.75 Å². The first-order valence-corrected chi connectivity index (χ1v) is 6.97. The van der Waals surface area contributed by atoms with Gasteiger partial charge in [-0.3, -0.25) is 19.7 Å². The van der Waals surface area contributed by atoms with Gasteiger partial charge in [0.2, 0.25) is 0 Å². The van der Waals surface area contributed by atoms with Crippen molar-refractivity contribution in [3.05, 3.63) is 58.0 Å². The van der Waals surface area contributed by atoms with Crippen molar-refractivity contribution < 1.29 is 23.7 Å². The van der Waals surface area contributed by atoms with E-state index >= 15 is 0 Å². The Balaban J connectivity index is 1.88. The summed E-state index contributed by atoms with van der Waals surface area (Å²) >= 11 is 0. The fraction of sp³-hybridized carbons (Fsp3) is 0.133. The molecule has 0 aliphatic carbocycles. The van der Waals surface area contributed by atoms with Gasteiger partial charge < -0.3 is 14.5 Å². The first kappa shape index (κ1) is 17.7. The average Bonchev–Trinajstić information content (AvgIpc) is 3.14. The molecule has 0 atom stereocenters. The van der Waals surface area contributed by atoms with Crippen molar-refractivity contribution >= 4 is 23.7 Å². The Labute approximate surface area is 141 Å². The third kappa shape index (κ3) is 4.89. The van der Waals surface area contributed by atoms with Crippen LogP contribution in [0.4, 0.5) is 5.69 Å². The first-order valence-electron chi connectivity index (χ1n) is 6.97. The van der Waals surface area contributed by atoms with Gasteiger partial charge in [-0.1, -0.05) is 0 Å². The number of carbonyl (C=O) groups is 2. The third-order valence-electron chi connectivity index (χ3n) is 2.96. The van der Waals surface area contributed by atoms with Crippen molar-refractivity contribution in [2.24, 2.45) is 5.10 Å². The zero-order valence-corrected chi connectivity index (χ0v) is 13.1. The van der Waals surface area contributed by atoms with Gasteiger partial charge in [0.1, 0.15) is 0 Å². The molecule has 1 aromatic carbocycles. The molecule has 2 rings (SSSR count). The lowest BCUT2D eigenvalue weighted by Crippen LogP contribution is -2.34. The van der Waals surface area contributed by atoms with Crippen LogP contribution in [0.1, 0.15) is 16.1 Å². The second kappa shape index (κ2) is 8.24. The number of hydrogen-bond donors (Lipinski definition) is 2. The Hall–Kier alpha value is -3.69. The topological polar surface area (TPSA) is 136 Å². The molecule has 2 amide bonds. The Morgan fingerprint density at radius 1 is 1.40 bits per heavy atom. The van der Waals surface area contributed by atoms with Crippen LogP contribution in [0.25, 0.3) is 0 Å². The molecule has 0 unspecified atom stereocenters. The minimum absolute atomic E-state index is 0.0850. The maximum Gasteiger partial charge on any atom is 0.311 e. The van der Waals surface area contributed by atoms with Gasteiger partial charge >= 0.3 is 5.69 Å². The summed E-state index contributed by atoms with van der Waals surface area (Å²) in [6.07, 6.45) is 2.58. The summed E-state index contributed by atoms with van der Waals surface area (Å²) in [5.74, 6) is -0.900. The number of amides is 2. The van der Waals surface area contributed by atoms with Crippen LogP contribution in [-0.4, -0.2) is 36.6 Å². The summed E-state index contributed by atoms with van der Waals surface area (Å²) in [6.45, 7) is -0.306. The molecule has 0 aliphatic rings. The summed E-state index contributed by atoms with van der Waals surface area (Å²) < 4.78 is 9.76. The fourth-order valence-corrected chi connectivity index (χ4v) is 1.80. The predicted molar refractivity (Wildman–Crippen MR) is 86.4 cm³/mol. The lowest BCUT2D eigenvalue weighted by Gasteiger charge is -2.03. The standard InChI is InChI=1S/C15H14N4O6/c1-24-12-5-4-10(7-11(12)19(22)23)8-17-18-14(20)9-16-15(21)13-3-2-6-25-13/h2-8H,9H2,1H3,(H,16,21)(H,18,20). The SMILES string of the molecule is COc1ccc(C=NNC(=O)CNC(=O)c2ccco2)cc1[N+](=O)[O-]. The largest absolute Gasteiger partial charge is 0.490 e. The van der Waals surface area contributed by atoms with Gasteiger partial charge in [-0.2, -0.15) is 5.10 Å². The van der Waals surface area contributed by atoms with Crippen LogP contribution >= 0.6 is 0 Å². The van der Waals surface area contributed by atoms with E-state index in [2.05, 4.69) is 15.8 Å². The van der Waals surface area contributed by atoms with E-state index in [0.717, 1.165) is 0 Å². The Kier molecular flexibility index (Phi) is 5.82. The number of benzene rings is 1. The van der Waals surface area contributed by atoms with Gasteiger partial charge in [0, 0.05) is 11.6 Å². The second-order valence-corrected chi connectivity index (χ2v) is 4.64. The Morgan fingerprint density at radius 3 is 2.84 bits per heavy atom. The summed E-state index contributed by atoms with van der Waals surface area (Å²) in [4.78, 5) is 33.5. The zero-order chi connectivity index (χ0) is 18.2. The molecule has 25 heavy (non-hydrogen) atoms. The lowest BCUT2D eigenvalue weighted by molar-refractivity contribution is -0.385. The van der Waals surface area contributed by atoms with Crippen LogP contribution in [0, 0.1) is 10.1 Å². The number of rotatable bonds is 7. The monoisotopic (exact) mass is 346 g/mol. The van der Waals surface area contributed by atoms with Gasteiger partial charge in [0.05, 0.1) is 31.1 Å². The molecule has 1 aromatic heterocycles.